The van der Waals surface area contributed by atoms with E-state index in [1.165, 1.54) is 0 Å². The zero-order valence-corrected chi connectivity index (χ0v) is 13.4. The fraction of sp³-hybridized carbons (Fsp3) is 0.467. The highest BCUT2D eigenvalue weighted by Crippen LogP contribution is 2.49. The number of carbonyl (C=O) groups excluding carboxylic acids is 2. The topological polar surface area (TPSA) is 76.7 Å². The molecular formula is C15H15BrN2O4. The second kappa shape index (κ2) is 4.70. The van der Waals surface area contributed by atoms with Crippen molar-refractivity contribution in [2.24, 2.45) is 0 Å². The number of carbonyl (C=O) groups is 2. The Bertz CT molecular complexity index is 672. The summed E-state index contributed by atoms with van der Waals surface area (Å²) in [6, 6.07) is 5.10. The summed E-state index contributed by atoms with van der Waals surface area (Å²) in [6.45, 7) is 1.19. The molecule has 2 N–H and O–H groups in total. The van der Waals surface area contributed by atoms with Crippen molar-refractivity contribution in [1.29, 1.82) is 0 Å². The molecule has 0 aromatic heterocycles. The van der Waals surface area contributed by atoms with Gasteiger partial charge in [-0.1, -0.05) is 15.9 Å². The average molecular weight is 367 g/mol. The van der Waals surface area contributed by atoms with Gasteiger partial charge in [0.25, 0.3) is 5.91 Å². The molecule has 116 valence electrons. The second-order valence-corrected chi connectivity index (χ2v) is 6.94. The Morgan fingerprint density at radius 3 is 2.64 bits per heavy atom. The quantitative estimate of drug-likeness (QED) is 0.686. The van der Waals surface area contributed by atoms with Gasteiger partial charge in [0.1, 0.15) is 11.4 Å². The number of halogens is 1. The fourth-order valence-electron chi connectivity index (χ4n) is 3.60. The lowest BCUT2D eigenvalue weighted by Gasteiger charge is -2.47. The number of hydrogen-bond acceptors (Lipinski definition) is 4. The molecule has 1 aromatic carbocycles. The first-order valence-electron chi connectivity index (χ1n) is 7.24. The molecule has 1 atom stereocenters. The fourth-order valence-corrected chi connectivity index (χ4v) is 3.96. The monoisotopic (exact) mass is 366 g/mol. The van der Waals surface area contributed by atoms with Crippen LogP contribution in [0.4, 0.5) is 4.79 Å². The summed E-state index contributed by atoms with van der Waals surface area (Å²) in [5.74, 6) is 0.333. The van der Waals surface area contributed by atoms with Crippen molar-refractivity contribution in [1.82, 2.24) is 10.6 Å². The van der Waals surface area contributed by atoms with Crippen LogP contribution >= 0.6 is 15.9 Å². The highest BCUT2D eigenvalue weighted by atomic mass is 79.9. The lowest BCUT2D eigenvalue weighted by molar-refractivity contribution is -0.131. The third kappa shape index (κ3) is 1.95. The van der Waals surface area contributed by atoms with Gasteiger partial charge in [0, 0.05) is 29.3 Å². The molecule has 4 rings (SSSR count). The first-order chi connectivity index (χ1) is 10.5. The summed E-state index contributed by atoms with van der Waals surface area (Å²) in [7, 11) is 0. The zero-order valence-electron chi connectivity index (χ0n) is 11.8. The standard InChI is InChI=1S/C15H15BrN2O4/c16-9-1-2-11-10(7-9)15(12(19)17-13(20)18-15)8-14(22-11)3-5-21-6-4-14/h1-2,7H,3-6,8H2,(H2,17,18,19,20). The number of urea groups is 1. The van der Waals surface area contributed by atoms with E-state index in [9.17, 15) is 9.59 Å². The number of ether oxygens (including phenoxy) is 2. The minimum absolute atomic E-state index is 0.314. The number of imide groups is 1. The van der Waals surface area contributed by atoms with Gasteiger partial charge in [-0.25, -0.2) is 4.79 Å². The zero-order chi connectivity index (χ0) is 15.4. The van der Waals surface area contributed by atoms with Gasteiger partial charge < -0.3 is 14.8 Å². The number of rotatable bonds is 0. The van der Waals surface area contributed by atoms with Crippen molar-refractivity contribution in [3.63, 3.8) is 0 Å². The van der Waals surface area contributed by atoms with E-state index in [0.717, 1.165) is 4.47 Å². The molecule has 0 bridgehead atoms. The molecule has 3 amide bonds. The highest BCUT2D eigenvalue weighted by Gasteiger charge is 2.58. The molecule has 0 aliphatic carbocycles. The first-order valence-corrected chi connectivity index (χ1v) is 8.03. The molecule has 1 aromatic rings. The van der Waals surface area contributed by atoms with Crippen molar-refractivity contribution in [2.45, 2.75) is 30.4 Å². The molecule has 3 aliphatic rings. The molecule has 22 heavy (non-hydrogen) atoms. The van der Waals surface area contributed by atoms with E-state index in [4.69, 9.17) is 9.47 Å². The second-order valence-electron chi connectivity index (χ2n) is 6.03. The van der Waals surface area contributed by atoms with Crippen LogP contribution < -0.4 is 15.4 Å². The van der Waals surface area contributed by atoms with E-state index >= 15 is 0 Å². The molecule has 2 fully saturated rings. The van der Waals surface area contributed by atoms with E-state index < -0.39 is 17.2 Å². The van der Waals surface area contributed by atoms with Crippen LogP contribution in [-0.4, -0.2) is 30.8 Å². The summed E-state index contributed by atoms with van der Waals surface area (Å²) in [5.41, 5.74) is -0.845. The highest BCUT2D eigenvalue weighted by molar-refractivity contribution is 9.10. The summed E-state index contributed by atoms with van der Waals surface area (Å²) >= 11 is 3.42. The normalized spacial score (nSPS) is 29.0. The van der Waals surface area contributed by atoms with Gasteiger partial charge in [0.15, 0.2) is 5.54 Å². The van der Waals surface area contributed by atoms with Crippen LogP contribution in [-0.2, 0) is 15.1 Å². The van der Waals surface area contributed by atoms with Crippen LogP contribution in [0.3, 0.4) is 0 Å². The summed E-state index contributed by atoms with van der Waals surface area (Å²) in [4.78, 5) is 24.3. The largest absolute Gasteiger partial charge is 0.487 e. The minimum Gasteiger partial charge on any atom is -0.487 e. The number of fused-ring (bicyclic) bond motifs is 2. The van der Waals surface area contributed by atoms with E-state index in [0.29, 0.717) is 43.8 Å². The Morgan fingerprint density at radius 1 is 1.18 bits per heavy atom. The van der Waals surface area contributed by atoms with Gasteiger partial charge in [-0.3, -0.25) is 10.1 Å². The van der Waals surface area contributed by atoms with Crippen LogP contribution in [0.5, 0.6) is 5.75 Å². The Balaban J connectivity index is 1.87. The molecule has 1 unspecified atom stereocenters. The predicted molar refractivity (Wildman–Crippen MR) is 80.5 cm³/mol. The van der Waals surface area contributed by atoms with Crippen LogP contribution in [0, 0.1) is 0 Å². The number of amides is 3. The molecular weight excluding hydrogens is 352 g/mol. The van der Waals surface area contributed by atoms with Gasteiger partial charge in [0.05, 0.1) is 13.2 Å². The maximum atomic E-state index is 12.6. The average Bonchev–Trinajstić information content (AvgIpc) is 2.75. The van der Waals surface area contributed by atoms with Crippen molar-refractivity contribution < 1.29 is 19.1 Å². The van der Waals surface area contributed by atoms with Crippen molar-refractivity contribution in [3.05, 3.63) is 28.2 Å². The van der Waals surface area contributed by atoms with Crippen LogP contribution in [0.15, 0.2) is 22.7 Å². The smallest absolute Gasteiger partial charge is 0.322 e. The van der Waals surface area contributed by atoms with E-state index in [1.54, 1.807) is 0 Å². The SMILES string of the molecule is O=C1NC(=O)C2(CC3(CCOCC3)Oc3ccc(Br)cc32)N1. The van der Waals surface area contributed by atoms with Gasteiger partial charge in [-0.05, 0) is 18.2 Å². The third-order valence-corrected chi connectivity index (χ3v) is 5.15. The van der Waals surface area contributed by atoms with Crippen molar-refractivity contribution in [3.8, 4) is 5.75 Å². The predicted octanol–water partition coefficient (Wildman–Crippen LogP) is 1.82. The number of nitrogens with one attached hydrogen (secondary N) is 2. The molecule has 0 radical (unpaired) electrons. The van der Waals surface area contributed by atoms with Gasteiger partial charge in [-0.2, -0.15) is 0 Å². The van der Waals surface area contributed by atoms with Gasteiger partial charge >= 0.3 is 6.03 Å². The molecule has 3 heterocycles. The Labute approximate surface area is 135 Å². The molecule has 7 heteroatoms. The summed E-state index contributed by atoms with van der Waals surface area (Å²) < 4.78 is 12.5. The molecule has 2 saturated heterocycles. The maximum Gasteiger partial charge on any atom is 0.322 e. The van der Waals surface area contributed by atoms with E-state index in [2.05, 4.69) is 26.6 Å². The number of hydrogen-bond donors (Lipinski definition) is 2. The summed E-state index contributed by atoms with van der Waals surface area (Å²) in [5, 5.41) is 5.20. The number of benzene rings is 1. The molecule has 3 aliphatic heterocycles. The summed E-state index contributed by atoms with van der Waals surface area (Å²) in [6.07, 6.45) is 1.82. The Morgan fingerprint density at radius 2 is 1.95 bits per heavy atom. The van der Waals surface area contributed by atoms with E-state index in [1.807, 2.05) is 18.2 Å². The lowest BCUT2D eigenvalue weighted by Crippen LogP contribution is -2.57. The lowest BCUT2D eigenvalue weighted by atomic mass is 9.73. The van der Waals surface area contributed by atoms with Crippen LogP contribution in [0.2, 0.25) is 0 Å². The third-order valence-electron chi connectivity index (χ3n) is 4.66. The van der Waals surface area contributed by atoms with Gasteiger partial charge in [-0.15, -0.1) is 0 Å². The van der Waals surface area contributed by atoms with Gasteiger partial charge in [0.2, 0.25) is 0 Å². The minimum atomic E-state index is -1.06. The van der Waals surface area contributed by atoms with Crippen LogP contribution in [0.1, 0.15) is 24.8 Å². The molecule has 6 nitrogen and oxygen atoms in total. The van der Waals surface area contributed by atoms with Crippen molar-refractivity contribution >= 4 is 27.9 Å². The van der Waals surface area contributed by atoms with E-state index in [-0.39, 0.29) is 5.91 Å². The van der Waals surface area contributed by atoms with Crippen LogP contribution in [0.25, 0.3) is 0 Å². The Hall–Kier alpha value is -1.60. The maximum absolute atomic E-state index is 12.6. The molecule has 0 saturated carbocycles. The Kier molecular flexibility index (Phi) is 2.99. The first kappa shape index (κ1) is 14.0. The van der Waals surface area contributed by atoms with Crippen molar-refractivity contribution in [2.75, 3.05) is 13.2 Å². The molecule has 2 spiro atoms.